The van der Waals surface area contributed by atoms with Crippen LogP contribution in [0.3, 0.4) is 0 Å². The van der Waals surface area contributed by atoms with Gasteiger partial charge in [0.1, 0.15) is 0 Å². The Morgan fingerprint density at radius 3 is 1.67 bits per heavy atom. The van der Waals surface area contributed by atoms with Gasteiger partial charge in [-0.05, 0) is 0 Å². The molecule has 0 aromatic heterocycles. The molecule has 29 valence electrons. The van der Waals surface area contributed by atoms with Gasteiger partial charge in [-0.25, -0.2) is 0 Å². The predicted octanol–water partition coefficient (Wildman–Crippen LogP) is -0.579. The van der Waals surface area contributed by atoms with E-state index in [1.807, 2.05) is 0 Å². The Balaban J connectivity index is -0.0000000450. The molecule has 0 bridgehead atoms. The van der Waals surface area contributed by atoms with Crippen molar-refractivity contribution in [3.63, 3.8) is 0 Å². The van der Waals surface area contributed by atoms with Crippen LogP contribution in [0.4, 0.5) is 0 Å². The minimum absolute atomic E-state index is 0. The van der Waals surface area contributed by atoms with E-state index in [1.54, 1.807) is 0 Å². The van der Waals surface area contributed by atoms with Crippen molar-refractivity contribution in [1.82, 2.24) is 0 Å². The first-order valence-corrected chi connectivity index (χ1v) is 2.79. The van der Waals surface area contributed by atoms with E-state index in [4.69, 9.17) is 9.46 Å². The van der Waals surface area contributed by atoms with Gasteiger partial charge in [0.2, 0.25) is 0 Å². The average Bonchev–Trinajstić information content (AvgIpc) is 0.811. The van der Waals surface area contributed by atoms with Gasteiger partial charge in [-0.1, -0.05) is 4.57 Å². The van der Waals surface area contributed by atoms with Crippen LogP contribution in [0.2, 0.25) is 0 Å². The Hall–Kier alpha value is 1.22. The third-order valence-corrected chi connectivity index (χ3v) is 0. The number of rotatable bonds is 0. The minimum Gasteiger partial charge on any atom is -0.408 e. The molecule has 0 heterocycles. The Bertz CT molecular complexity index is 36.5. The van der Waals surface area contributed by atoms with Crippen LogP contribution in [0.5, 0.6) is 0 Å². The Morgan fingerprint density at radius 2 is 1.67 bits per heavy atom. The SMILES string of the molecule is O=[P+](O)[S-].[Li].[Si]. The first kappa shape index (κ1) is 15.7. The van der Waals surface area contributed by atoms with Crippen molar-refractivity contribution in [3.8, 4) is 0 Å². The smallest absolute Gasteiger partial charge is 0.369 e. The van der Waals surface area contributed by atoms with Gasteiger partial charge in [-0.3, -0.25) is 0 Å². The fourth-order valence-corrected chi connectivity index (χ4v) is 0. The van der Waals surface area contributed by atoms with Gasteiger partial charge >= 0.3 is 7.23 Å². The molecule has 1 N–H and O–H groups in total. The zero-order valence-corrected chi connectivity index (χ0v) is 5.92. The molecular formula is HLiO2PSSi. The summed E-state index contributed by atoms with van der Waals surface area (Å²) in [7, 11) is -2.29. The van der Waals surface area contributed by atoms with E-state index in [0.29, 0.717) is 0 Å². The molecule has 6 heteroatoms. The van der Waals surface area contributed by atoms with E-state index < -0.39 is 7.23 Å². The second-order valence-corrected chi connectivity index (χ2v) is 1.65. The third-order valence-electron chi connectivity index (χ3n) is 0. The summed E-state index contributed by atoms with van der Waals surface area (Å²) in [6.45, 7) is 0. The van der Waals surface area contributed by atoms with Gasteiger partial charge in [-0.2, -0.15) is 4.89 Å². The van der Waals surface area contributed by atoms with Gasteiger partial charge in [0.05, 0.1) is 0 Å². The second-order valence-electron chi connectivity index (χ2n) is 0.238. The molecule has 0 amide bonds. The van der Waals surface area contributed by atoms with Crippen molar-refractivity contribution >= 4 is 49.3 Å². The summed E-state index contributed by atoms with van der Waals surface area (Å²) >= 11 is 3.69. The van der Waals surface area contributed by atoms with Gasteiger partial charge in [0.15, 0.2) is 0 Å². The van der Waals surface area contributed by atoms with Crippen molar-refractivity contribution < 1.29 is 9.46 Å². The molecule has 0 aliphatic heterocycles. The van der Waals surface area contributed by atoms with Crippen LogP contribution < -0.4 is 0 Å². The Labute approximate surface area is 58.9 Å². The standard InChI is InChI=1S/Li.HO2PS.Si/c;1-3(2)4;/h;(H,1,2,4);. The summed E-state index contributed by atoms with van der Waals surface area (Å²) in [5.41, 5.74) is 0. The van der Waals surface area contributed by atoms with E-state index in [1.165, 1.54) is 0 Å². The van der Waals surface area contributed by atoms with Crippen molar-refractivity contribution in [1.29, 1.82) is 0 Å². The monoisotopic (exact) mass is 131 g/mol. The quantitative estimate of drug-likeness (QED) is 0.271. The zero-order valence-electron chi connectivity index (χ0n) is 3.21. The fraction of sp³-hybridized carbons (Fsp3) is 0. The van der Waals surface area contributed by atoms with Crippen molar-refractivity contribution in [2.24, 2.45) is 0 Å². The summed E-state index contributed by atoms with van der Waals surface area (Å²) in [5, 5.41) is 0. The fourth-order valence-electron chi connectivity index (χ4n) is 0. The zero-order chi connectivity index (χ0) is 3.58. The molecule has 0 saturated heterocycles. The molecule has 5 radical (unpaired) electrons. The van der Waals surface area contributed by atoms with Crippen LogP contribution in [0.15, 0.2) is 0 Å². The molecule has 0 aliphatic rings. The molecule has 0 aromatic carbocycles. The molecular weight excluding hydrogens is 130 g/mol. The largest absolute Gasteiger partial charge is 0.408 e. The summed E-state index contributed by atoms with van der Waals surface area (Å²) in [5.74, 6) is 0. The molecule has 0 fully saturated rings. The molecule has 0 saturated carbocycles. The summed E-state index contributed by atoms with van der Waals surface area (Å²) in [6.07, 6.45) is 0. The third kappa shape index (κ3) is 62.2. The molecule has 1 atom stereocenters. The molecule has 6 heavy (non-hydrogen) atoms. The van der Waals surface area contributed by atoms with E-state index in [9.17, 15) is 0 Å². The van der Waals surface area contributed by atoms with Crippen LogP contribution >= 0.6 is 7.23 Å². The maximum absolute atomic E-state index is 8.96. The summed E-state index contributed by atoms with van der Waals surface area (Å²) in [6, 6.07) is 0. The number of hydrogen-bond donors (Lipinski definition) is 1. The topological polar surface area (TPSA) is 37.3 Å². The van der Waals surface area contributed by atoms with E-state index in [-0.39, 0.29) is 29.8 Å². The molecule has 0 spiro atoms. The van der Waals surface area contributed by atoms with Crippen LogP contribution in [0.25, 0.3) is 0 Å². The van der Waals surface area contributed by atoms with Gasteiger partial charge in [0, 0.05) is 29.8 Å². The Morgan fingerprint density at radius 1 is 1.67 bits per heavy atom. The second kappa shape index (κ2) is 9.52. The Kier molecular flexibility index (Phi) is 24.9. The van der Waals surface area contributed by atoms with Crippen molar-refractivity contribution in [3.05, 3.63) is 0 Å². The molecule has 0 aliphatic carbocycles. The first-order valence-electron chi connectivity index (χ1n) is 0.565. The van der Waals surface area contributed by atoms with Crippen molar-refractivity contribution in [2.45, 2.75) is 0 Å². The van der Waals surface area contributed by atoms with Gasteiger partial charge < -0.3 is 12.2 Å². The summed E-state index contributed by atoms with van der Waals surface area (Å²) < 4.78 is 8.96. The predicted molar refractivity (Wildman–Crippen MR) is 28.7 cm³/mol. The molecule has 2 nitrogen and oxygen atoms in total. The number of hydrogen-bond acceptors (Lipinski definition) is 2. The van der Waals surface area contributed by atoms with Gasteiger partial charge in [-0.15, -0.1) is 0 Å². The molecule has 0 rings (SSSR count). The van der Waals surface area contributed by atoms with E-state index >= 15 is 0 Å². The average molecular weight is 131 g/mol. The minimum atomic E-state index is -2.29. The molecule has 0 aromatic rings. The first-order chi connectivity index (χ1) is 1.73. The summed E-state index contributed by atoms with van der Waals surface area (Å²) in [4.78, 5) is 7.38. The van der Waals surface area contributed by atoms with Crippen molar-refractivity contribution in [2.75, 3.05) is 0 Å². The van der Waals surface area contributed by atoms with Crippen LogP contribution in [-0.2, 0) is 16.8 Å². The molecule has 1 unspecified atom stereocenters. The van der Waals surface area contributed by atoms with E-state index in [0.717, 1.165) is 0 Å². The van der Waals surface area contributed by atoms with Crippen LogP contribution in [0.1, 0.15) is 0 Å². The van der Waals surface area contributed by atoms with Crippen LogP contribution in [0, 0.1) is 0 Å². The normalized spacial score (nSPS) is 7.33. The van der Waals surface area contributed by atoms with Gasteiger partial charge in [0.25, 0.3) is 0 Å². The maximum atomic E-state index is 8.96. The maximum Gasteiger partial charge on any atom is 0.369 e. The van der Waals surface area contributed by atoms with Crippen LogP contribution in [-0.4, -0.2) is 34.7 Å². The van der Waals surface area contributed by atoms with E-state index in [2.05, 4.69) is 12.2 Å².